The zero-order valence-electron chi connectivity index (χ0n) is 7.43. The van der Waals surface area contributed by atoms with E-state index in [0.717, 1.165) is 0 Å². The maximum absolute atomic E-state index is 9.66. The number of hydrogen-bond donors (Lipinski definition) is 2. The van der Waals surface area contributed by atoms with E-state index >= 15 is 0 Å². The molecule has 0 saturated heterocycles. The highest BCUT2D eigenvalue weighted by molar-refractivity contribution is 4.97. The molecule has 72 valence electrons. The average Bonchev–Trinajstić information content (AvgIpc) is 2.84. The molecule has 3 N–H and O–H groups in total. The second kappa shape index (κ2) is 3.43. The van der Waals surface area contributed by atoms with Crippen LogP contribution in [0.3, 0.4) is 0 Å². The van der Waals surface area contributed by atoms with Gasteiger partial charge in [-0.3, -0.25) is 0 Å². The van der Waals surface area contributed by atoms with Gasteiger partial charge in [-0.15, -0.1) is 10.2 Å². The smallest absolute Gasteiger partial charge is 0.162 e. The predicted molar refractivity (Wildman–Crippen MR) is 46.9 cm³/mol. The second-order valence-corrected chi connectivity index (χ2v) is 3.42. The van der Waals surface area contributed by atoms with Crippen LogP contribution in [-0.2, 0) is 0 Å². The Kier molecular flexibility index (Phi) is 2.28. The summed E-state index contributed by atoms with van der Waals surface area (Å²) in [6.07, 6.45) is 4.01. The summed E-state index contributed by atoms with van der Waals surface area (Å²) < 4.78 is 1.96. The summed E-state index contributed by atoms with van der Waals surface area (Å²) in [5.41, 5.74) is 5.36. The Labute approximate surface area is 76.6 Å². The molecule has 1 aromatic heterocycles. The first kappa shape index (κ1) is 8.65. The molecule has 1 heterocycles. The number of aromatic nitrogens is 3. The summed E-state index contributed by atoms with van der Waals surface area (Å²) in [6.45, 7) is 0.471. The molecule has 0 unspecified atom stereocenters. The molecule has 2 rings (SSSR count). The number of aliphatic hydroxyl groups is 1. The van der Waals surface area contributed by atoms with Gasteiger partial charge in [-0.1, -0.05) is 0 Å². The normalized spacial score (nSPS) is 18.9. The van der Waals surface area contributed by atoms with Crippen molar-refractivity contribution in [1.82, 2.24) is 14.8 Å². The molecule has 1 saturated carbocycles. The highest BCUT2D eigenvalue weighted by Crippen LogP contribution is 2.36. The molecule has 0 aliphatic heterocycles. The van der Waals surface area contributed by atoms with Crippen LogP contribution in [0.4, 0.5) is 0 Å². The minimum atomic E-state index is -0.562. The Balaban J connectivity index is 2.13. The van der Waals surface area contributed by atoms with E-state index in [0.29, 0.717) is 24.8 Å². The van der Waals surface area contributed by atoms with Gasteiger partial charge in [0.25, 0.3) is 0 Å². The van der Waals surface area contributed by atoms with Crippen molar-refractivity contribution in [1.29, 1.82) is 0 Å². The van der Waals surface area contributed by atoms with Crippen LogP contribution in [0.5, 0.6) is 0 Å². The van der Waals surface area contributed by atoms with Crippen LogP contribution in [0.2, 0.25) is 0 Å². The topological polar surface area (TPSA) is 77.0 Å². The standard InChI is InChI=1S/C8H14N4O/c9-4-3-7(13)8-11-10-5-12(8)6-1-2-6/h5-7,13H,1-4,9H2/t7-/m0/s1. The van der Waals surface area contributed by atoms with Crippen molar-refractivity contribution >= 4 is 0 Å². The predicted octanol–water partition coefficient (Wildman–Crippen LogP) is -0.00480. The summed E-state index contributed by atoms with van der Waals surface area (Å²) in [6, 6.07) is 0.512. The highest BCUT2D eigenvalue weighted by Gasteiger charge is 2.28. The fourth-order valence-corrected chi connectivity index (χ4v) is 1.41. The number of aliphatic hydroxyl groups excluding tert-OH is 1. The van der Waals surface area contributed by atoms with E-state index in [-0.39, 0.29) is 0 Å². The lowest BCUT2D eigenvalue weighted by Crippen LogP contribution is -2.12. The molecule has 1 aliphatic carbocycles. The maximum Gasteiger partial charge on any atom is 0.162 e. The first-order chi connectivity index (χ1) is 6.33. The third-order valence-corrected chi connectivity index (χ3v) is 2.28. The van der Waals surface area contributed by atoms with E-state index in [9.17, 15) is 5.11 Å². The van der Waals surface area contributed by atoms with Crippen molar-refractivity contribution < 1.29 is 5.11 Å². The van der Waals surface area contributed by atoms with Gasteiger partial charge in [0.2, 0.25) is 0 Å². The second-order valence-electron chi connectivity index (χ2n) is 3.42. The van der Waals surface area contributed by atoms with Crippen LogP contribution in [-0.4, -0.2) is 26.4 Å². The molecule has 0 radical (unpaired) electrons. The largest absolute Gasteiger partial charge is 0.385 e. The molecule has 1 aromatic rings. The minimum absolute atomic E-state index is 0.471. The minimum Gasteiger partial charge on any atom is -0.385 e. The van der Waals surface area contributed by atoms with Crippen molar-refractivity contribution in [2.45, 2.75) is 31.4 Å². The summed E-state index contributed by atoms with van der Waals surface area (Å²) >= 11 is 0. The Morgan fingerprint density at radius 3 is 3.08 bits per heavy atom. The van der Waals surface area contributed by atoms with E-state index in [1.807, 2.05) is 4.57 Å². The van der Waals surface area contributed by atoms with Crippen LogP contribution in [0.1, 0.15) is 37.2 Å². The Morgan fingerprint density at radius 1 is 1.69 bits per heavy atom. The van der Waals surface area contributed by atoms with E-state index in [2.05, 4.69) is 10.2 Å². The molecule has 13 heavy (non-hydrogen) atoms. The van der Waals surface area contributed by atoms with Gasteiger partial charge in [0.05, 0.1) is 0 Å². The van der Waals surface area contributed by atoms with Gasteiger partial charge in [0, 0.05) is 6.04 Å². The van der Waals surface area contributed by atoms with E-state index in [4.69, 9.17) is 5.73 Å². The van der Waals surface area contributed by atoms with E-state index in [1.165, 1.54) is 12.8 Å². The lowest BCUT2D eigenvalue weighted by molar-refractivity contribution is 0.155. The quantitative estimate of drug-likeness (QED) is 0.687. The molecule has 1 aliphatic rings. The summed E-state index contributed by atoms with van der Waals surface area (Å²) in [7, 11) is 0. The van der Waals surface area contributed by atoms with Gasteiger partial charge in [0.1, 0.15) is 12.4 Å². The van der Waals surface area contributed by atoms with Crippen LogP contribution in [0.15, 0.2) is 6.33 Å². The molecule has 0 aromatic carbocycles. The molecule has 1 atom stereocenters. The van der Waals surface area contributed by atoms with Gasteiger partial charge in [-0.05, 0) is 25.8 Å². The number of nitrogens with zero attached hydrogens (tertiary/aromatic N) is 3. The van der Waals surface area contributed by atoms with Gasteiger partial charge in [-0.25, -0.2) is 0 Å². The fraction of sp³-hybridized carbons (Fsp3) is 0.750. The molecule has 0 spiro atoms. The molecule has 0 bridgehead atoms. The number of nitrogens with two attached hydrogens (primary N) is 1. The van der Waals surface area contributed by atoms with Crippen molar-refractivity contribution in [3.8, 4) is 0 Å². The number of hydrogen-bond acceptors (Lipinski definition) is 4. The third kappa shape index (κ3) is 1.71. The Morgan fingerprint density at radius 2 is 2.46 bits per heavy atom. The average molecular weight is 182 g/mol. The maximum atomic E-state index is 9.66. The van der Waals surface area contributed by atoms with Crippen molar-refractivity contribution in [2.75, 3.05) is 6.54 Å². The van der Waals surface area contributed by atoms with Crippen LogP contribution in [0, 0.1) is 0 Å². The highest BCUT2D eigenvalue weighted by atomic mass is 16.3. The Hall–Kier alpha value is -0.940. The van der Waals surface area contributed by atoms with Crippen molar-refractivity contribution in [3.63, 3.8) is 0 Å². The Bertz CT molecular complexity index is 281. The molecule has 0 amide bonds. The summed E-state index contributed by atoms with van der Waals surface area (Å²) in [5.74, 6) is 0.660. The summed E-state index contributed by atoms with van der Waals surface area (Å²) in [5, 5.41) is 17.4. The molecule has 5 heteroatoms. The lowest BCUT2D eigenvalue weighted by Gasteiger charge is -2.09. The number of rotatable bonds is 4. The van der Waals surface area contributed by atoms with Gasteiger partial charge >= 0.3 is 0 Å². The van der Waals surface area contributed by atoms with Gasteiger partial charge in [0.15, 0.2) is 5.82 Å². The first-order valence-corrected chi connectivity index (χ1v) is 4.60. The fourth-order valence-electron chi connectivity index (χ4n) is 1.41. The lowest BCUT2D eigenvalue weighted by atomic mass is 10.2. The third-order valence-electron chi connectivity index (χ3n) is 2.28. The van der Waals surface area contributed by atoms with Crippen LogP contribution in [0.25, 0.3) is 0 Å². The SMILES string of the molecule is NCC[C@H](O)c1nncn1C1CC1. The molecule has 1 fully saturated rings. The molecular weight excluding hydrogens is 168 g/mol. The molecular formula is C8H14N4O. The summed E-state index contributed by atoms with van der Waals surface area (Å²) in [4.78, 5) is 0. The van der Waals surface area contributed by atoms with E-state index < -0.39 is 6.10 Å². The molecule has 5 nitrogen and oxygen atoms in total. The van der Waals surface area contributed by atoms with Crippen LogP contribution < -0.4 is 5.73 Å². The first-order valence-electron chi connectivity index (χ1n) is 4.60. The van der Waals surface area contributed by atoms with Gasteiger partial charge in [-0.2, -0.15) is 0 Å². The van der Waals surface area contributed by atoms with E-state index in [1.54, 1.807) is 6.33 Å². The van der Waals surface area contributed by atoms with Crippen molar-refractivity contribution in [2.24, 2.45) is 5.73 Å². The van der Waals surface area contributed by atoms with Crippen molar-refractivity contribution in [3.05, 3.63) is 12.2 Å². The van der Waals surface area contributed by atoms with Crippen LogP contribution >= 0.6 is 0 Å². The van der Waals surface area contributed by atoms with Gasteiger partial charge < -0.3 is 15.4 Å². The zero-order chi connectivity index (χ0) is 9.26. The zero-order valence-corrected chi connectivity index (χ0v) is 7.43. The monoisotopic (exact) mass is 182 g/mol.